The predicted molar refractivity (Wildman–Crippen MR) is 78.0 cm³/mol. The van der Waals surface area contributed by atoms with E-state index < -0.39 is 21.9 Å². The van der Waals surface area contributed by atoms with E-state index in [0.717, 1.165) is 6.07 Å². The number of nitro groups is 1. The summed E-state index contributed by atoms with van der Waals surface area (Å²) in [6.45, 7) is 1.63. The molecule has 2 aromatic rings. The van der Waals surface area contributed by atoms with E-state index in [2.05, 4.69) is 20.9 Å². The molecule has 106 valence electrons. The van der Waals surface area contributed by atoms with Crippen LogP contribution in [0.1, 0.15) is 11.3 Å². The molecule has 2 rings (SSSR count). The Labute approximate surface area is 126 Å². The van der Waals surface area contributed by atoms with E-state index in [4.69, 9.17) is 5.26 Å². The van der Waals surface area contributed by atoms with Gasteiger partial charge in [0.1, 0.15) is 11.6 Å². The minimum Gasteiger partial charge on any atom is -0.501 e. The summed E-state index contributed by atoms with van der Waals surface area (Å²) in [6, 6.07) is 5.86. The minimum absolute atomic E-state index is 0.105. The average Bonchev–Trinajstić information content (AvgIpc) is 2.40. The number of nitro benzene ring substituents is 1. The van der Waals surface area contributed by atoms with E-state index >= 15 is 0 Å². The molecule has 21 heavy (non-hydrogen) atoms. The van der Waals surface area contributed by atoms with Gasteiger partial charge in [0.25, 0.3) is 5.56 Å². The van der Waals surface area contributed by atoms with Crippen LogP contribution in [0.2, 0.25) is 0 Å². The summed E-state index contributed by atoms with van der Waals surface area (Å²) >= 11 is 3.02. The molecule has 0 spiro atoms. The molecule has 0 saturated carbocycles. The summed E-state index contributed by atoms with van der Waals surface area (Å²) in [4.78, 5) is 24.5. The SMILES string of the molecule is Cc1cc(-c2cc(Br)c(O)c([N+](=O)[O-])c2)c(C#N)c(=O)[nH]1. The molecule has 8 heteroatoms. The summed E-state index contributed by atoms with van der Waals surface area (Å²) in [5.74, 6) is -0.510. The predicted octanol–water partition coefficient (Wildman–Crippen LogP) is 2.60. The zero-order chi connectivity index (χ0) is 15.7. The van der Waals surface area contributed by atoms with Crippen molar-refractivity contribution in [2.45, 2.75) is 6.92 Å². The number of aromatic hydroxyl groups is 1. The van der Waals surface area contributed by atoms with Crippen LogP contribution in [-0.4, -0.2) is 15.0 Å². The van der Waals surface area contributed by atoms with Crippen molar-refractivity contribution in [3.63, 3.8) is 0 Å². The van der Waals surface area contributed by atoms with Gasteiger partial charge >= 0.3 is 5.69 Å². The van der Waals surface area contributed by atoms with Crippen LogP contribution < -0.4 is 5.56 Å². The first-order chi connectivity index (χ1) is 9.85. The summed E-state index contributed by atoms with van der Waals surface area (Å²) in [5, 5.41) is 29.7. The first-order valence-corrected chi connectivity index (χ1v) is 6.45. The van der Waals surface area contributed by atoms with Crippen molar-refractivity contribution in [2.75, 3.05) is 0 Å². The van der Waals surface area contributed by atoms with E-state index in [1.165, 1.54) is 6.07 Å². The van der Waals surface area contributed by atoms with Gasteiger partial charge in [-0.15, -0.1) is 0 Å². The first-order valence-electron chi connectivity index (χ1n) is 5.66. The van der Waals surface area contributed by atoms with Crippen LogP contribution in [0.3, 0.4) is 0 Å². The Hall–Kier alpha value is -2.66. The highest BCUT2D eigenvalue weighted by molar-refractivity contribution is 9.10. The van der Waals surface area contributed by atoms with Gasteiger partial charge in [0, 0.05) is 17.3 Å². The molecule has 0 fully saturated rings. The van der Waals surface area contributed by atoms with Crippen molar-refractivity contribution in [1.82, 2.24) is 4.98 Å². The van der Waals surface area contributed by atoms with E-state index in [0.29, 0.717) is 5.69 Å². The fourth-order valence-corrected chi connectivity index (χ4v) is 2.36. The maximum Gasteiger partial charge on any atom is 0.312 e. The van der Waals surface area contributed by atoms with Gasteiger partial charge in [0.2, 0.25) is 5.75 Å². The molecular weight excluding hydrogens is 342 g/mol. The van der Waals surface area contributed by atoms with E-state index in [-0.39, 0.29) is 21.2 Å². The lowest BCUT2D eigenvalue weighted by molar-refractivity contribution is -0.385. The number of nitriles is 1. The van der Waals surface area contributed by atoms with E-state index in [1.54, 1.807) is 19.1 Å². The monoisotopic (exact) mass is 349 g/mol. The number of nitrogens with zero attached hydrogens (tertiary/aromatic N) is 2. The molecular formula is C13H8BrN3O4. The zero-order valence-electron chi connectivity index (χ0n) is 10.7. The third-order valence-electron chi connectivity index (χ3n) is 2.83. The number of aromatic nitrogens is 1. The Morgan fingerprint density at radius 2 is 2.10 bits per heavy atom. The molecule has 2 N–H and O–H groups in total. The number of phenolic OH excluding ortho intramolecular Hbond substituents is 1. The van der Waals surface area contributed by atoms with Crippen molar-refractivity contribution in [2.24, 2.45) is 0 Å². The third-order valence-corrected chi connectivity index (χ3v) is 3.44. The molecule has 0 bridgehead atoms. The van der Waals surface area contributed by atoms with Crippen LogP contribution in [-0.2, 0) is 0 Å². The molecule has 0 aliphatic heterocycles. The topological polar surface area (TPSA) is 120 Å². The van der Waals surface area contributed by atoms with Gasteiger partial charge in [0.05, 0.1) is 9.40 Å². The second-order valence-electron chi connectivity index (χ2n) is 4.26. The Balaban J connectivity index is 2.83. The van der Waals surface area contributed by atoms with Crippen LogP contribution in [0.5, 0.6) is 5.75 Å². The van der Waals surface area contributed by atoms with Crippen LogP contribution >= 0.6 is 15.9 Å². The lowest BCUT2D eigenvalue weighted by Gasteiger charge is -2.07. The summed E-state index contributed by atoms with van der Waals surface area (Å²) in [5.41, 5.74) is -0.159. The summed E-state index contributed by atoms with van der Waals surface area (Å²) in [7, 11) is 0. The second kappa shape index (κ2) is 5.38. The number of phenols is 1. The van der Waals surface area contributed by atoms with Gasteiger partial charge in [-0.05, 0) is 40.5 Å². The fraction of sp³-hybridized carbons (Fsp3) is 0.0769. The number of rotatable bonds is 2. The minimum atomic E-state index is -0.740. The molecule has 0 aliphatic rings. The largest absolute Gasteiger partial charge is 0.501 e. The van der Waals surface area contributed by atoms with Crippen LogP contribution in [0.4, 0.5) is 5.69 Å². The number of halogens is 1. The quantitative estimate of drug-likeness (QED) is 0.637. The number of benzene rings is 1. The summed E-state index contributed by atoms with van der Waals surface area (Å²) < 4.78 is 0.105. The van der Waals surface area contributed by atoms with Crippen molar-refractivity contribution >= 4 is 21.6 Å². The number of pyridine rings is 1. The number of aromatic amines is 1. The highest BCUT2D eigenvalue weighted by Crippen LogP contribution is 2.38. The lowest BCUT2D eigenvalue weighted by Crippen LogP contribution is -2.12. The molecule has 0 radical (unpaired) electrons. The van der Waals surface area contributed by atoms with Crippen molar-refractivity contribution in [3.05, 3.63) is 54.4 Å². The maximum atomic E-state index is 11.8. The van der Waals surface area contributed by atoms with Gasteiger partial charge in [-0.2, -0.15) is 5.26 Å². The van der Waals surface area contributed by atoms with Crippen molar-refractivity contribution < 1.29 is 10.0 Å². The molecule has 0 unspecified atom stereocenters. The first kappa shape index (κ1) is 14.7. The van der Waals surface area contributed by atoms with E-state index in [9.17, 15) is 20.0 Å². The highest BCUT2D eigenvalue weighted by Gasteiger charge is 2.20. The normalized spacial score (nSPS) is 10.1. The standard InChI is InChI=1S/C13H8BrN3O4/c1-6-2-8(9(5-15)13(19)16-6)7-3-10(14)12(18)11(4-7)17(20)21/h2-4,18H,1H3,(H,16,19). The van der Waals surface area contributed by atoms with Crippen LogP contribution in [0.25, 0.3) is 11.1 Å². The van der Waals surface area contributed by atoms with Crippen molar-refractivity contribution in [3.8, 4) is 22.9 Å². The molecule has 1 aromatic carbocycles. The molecule has 0 atom stereocenters. The Bertz CT molecular complexity index is 852. The van der Waals surface area contributed by atoms with Gasteiger partial charge in [-0.1, -0.05) is 0 Å². The molecule has 1 heterocycles. The third kappa shape index (κ3) is 2.64. The van der Waals surface area contributed by atoms with Gasteiger partial charge in [-0.25, -0.2) is 0 Å². The van der Waals surface area contributed by atoms with Crippen LogP contribution in [0.15, 0.2) is 27.5 Å². The van der Waals surface area contributed by atoms with E-state index in [1.807, 2.05) is 0 Å². The Morgan fingerprint density at radius 3 is 2.67 bits per heavy atom. The number of aryl methyl sites for hydroxylation is 1. The van der Waals surface area contributed by atoms with Gasteiger partial charge in [-0.3, -0.25) is 14.9 Å². The molecule has 0 saturated heterocycles. The number of H-pyrrole nitrogens is 1. The molecule has 0 aliphatic carbocycles. The lowest BCUT2D eigenvalue weighted by atomic mass is 10.0. The maximum absolute atomic E-state index is 11.8. The molecule has 7 nitrogen and oxygen atoms in total. The zero-order valence-corrected chi connectivity index (χ0v) is 12.3. The van der Waals surface area contributed by atoms with Gasteiger partial charge < -0.3 is 10.1 Å². The fourth-order valence-electron chi connectivity index (χ4n) is 1.91. The smallest absolute Gasteiger partial charge is 0.312 e. The van der Waals surface area contributed by atoms with Gasteiger partial charge in [0.15, 0.2) is 0 Å². The number of hydrogen-bond donors (Lipinski definition) is 2. The number of nitrogens with one attached hydrogen (secondary N) is 1. The number of hydrogen-bond acceptors (Lipinski definition) is 5. The Morgan fingerprint density at radius 1 is 1.43 bits per heavy atom. The second-order valence-corrected chi connectivity index (χ2v) is 5.12. The Kier molecular flexibility index (Phi) is 3.78. The average molecular weight is 350 g/mol. The highest BCUT2D eigenvalue weighted by atomic mass is 79.9. The van der Waals surface area contributed by atoms with Crippen LogP contribution in [0, 0.1) is 28.4 Å². The molecule has 1 aromatic heterocycles. The van der Waals surface area contributed by atoms with Crippen molar-refractivity contribution in [1.29, 1.82) is 5.26 Å². The summed E-state index contributed by atoms with van der Waals surface area (Å²) in [6.07, 6.45) is 0. The molecule has 0 amide bonds.